The van der Waals surface area contributed by atoms with E-state index in [4.69, 9.17) is 0 Å². The van der Waals surface area contributed by atoms with Crippen molar-refractivity contribution >= 4 is 15.9 Å². The van der Waals surface area contributed by atoms with E-state index in [9.17, 15) is 18.3 Å². The standard InChI is InChI=1S/C25H30N2O4S/c28-24-13-12-23(25(29)26-24)19-6-7-20-15-27(16-21(20)14-19)32(30,31)22-10-8-18(9-11-22)17-4-2-1-3-5-17/h6-11,14,17,23-24,28H,1-5,12-13,15-16H2,(H,26,29). The van der Waals surface area contributed by atoms with E-state index in [1.165, 1.54) is 42.0 Å². The molecule has 2 aromatic rings. The Morgan fingerprint density at radius 3 is 2.25 bits per heavy atom. The zero-order chi connectivity index (χ0) is 22.3. The van der Waals surface area contributed by atoms with Crippen molar-refractivity contribution in [2.45, 2.75) is 81.0 Å². The predicted molar refractivity (Wildman–Crippen MR) is 121 cm³/mol. The minimum atomic E-state index is -3.59. The number of amides is 1. The van der Waals surface area contributed by atoms with Crippen molar-refractivity contribution in [3.8, 4) is 0 Å². The molecule has 7 heteroatoms. The van der Waals surface area contributed by atoms with Gasteiger partial charge in [0.05, 0.1) is 10.8 Å². The maximum absolute atomic E-state index is 13.3. The molecule has 170 valence electrons. The van der Waals surface area contributed by atoms with Gasteiger partial charge in [-0.3, -0.25) is 4.79 Å². The van der Waals surface area contributed by atoms with Crippen LogP contribution in [0.2, 0.25) is 0 Å². The molecule has 2 fully saturated rings. The van der Waals surface area contributed by atoms with Gasteiger partial charge in [-0.15, -0.1) is 0 Å². The minimum Gasteiger partial charge on any atom is -0.374 e. The molecule has 2 aliphatic heterocycles. The average molecular weight is 455 g/mol. The van der Waals surface area contributed by atoms with Gasteiger partial charge < -0.3 is 10.4 Å². The summed E-state index contributed by atoms with van der Waals surface area (Å²) >= 11 is 0. The zero-order valence-corrected chi connectivity index (χ0v) is 19.0. The summed E-state index contributed by atoms with van der Waals surface area (Å²) in [6.45, 7) is 0.657. The van der Waals surface area contributed by atoms with Gasteiger partial charge in [-0.2, -0.15) is 4.31 Å². The SMILES string of the molecule is O=C1NC(O)CCC1c1ccc2c(c1)CN(S(=O)(=O)c1ccc(C3CCCCC3)cc1)C2. The van der Waals surface area contributed by atoms with E-state index in [1.807, 2.05) is 30.3 Å². The van der Waals surface area contributed by atoms with E-state index >= 15 is 0 Å². The Bertz CT molecular complexity index is 1110. The lowest BCUT2D eigenvalue weighted by Crippen LogP contribution is -2.42. The highest BCUT2D eigenvalue weighted by Crippen LogP contribution is 2.35. The Balaban J connectivity index is 1.32. The van der Waals surface area contributed by atoms with Crippen LogP contribution in [0.1, 0.15) is 79.0 Å². The van der Waals surface area contributed by atoms with Crippen LogP contribution in [-0.2, 0) is 27.9 Å². The molecule has 2 aromatic carbocycles. The van der Waals surface area contributed by atoms with Gasteiger partial charge in [0, 0.05) is 13.1 Å². The predicted octanol–water partition coefficient (Wildman–Crippen LogP) is 3.75. The first-order valence-electron chi connectivity index (χ1n) is 11.6. The molecule has 1 amide bonds. The van der Waals surface area contributed by atoms with Gasteiger partial charge >= 0.3 is 0 Å². The Morgan fingerprint density at radius 1 is 0.844 bits per heavy atom. The van der Waals surface area contributed by atoms with E-state index < -0.39 is 16.3 Å². The second-order valence-electron chi connectivity index (χ2n) is 9.36. The lowest BCUT2D eigenvalue weighted by molar-refractivity contribution is -0.128. The van der Waals surface area contributed by atoms with Crippen LogP contribution in [0.5, 0.6) is 0 Å². The monoisotopic (exact) mass is 454 g/mol. The first kappa shape index (κ1) is 21.6. The summed E-state index contributed by atoms with van der Waals surface area (Å²) in [4.78, 5) is 12.6. The fourth-order valence-electron chi connectivity index (χ4n) is 5.38. The quantitative estimate of drug-likeness (QED) is 0.737. The van der Waals surface area contributed by atoms with Gasteiger partial charge in [0.15, 0.2) is 0 Å². The summed E-state index contributed by atoms with van der Waals surface area (Å²) < 4.78 is 28.1. The fraction of sp³-hybridized carbons (Fsp3) is 0.480. The summed E-state index contributed by atoms with van der Waals surface area (Å²) in [5, 5.41) is 12.2. The van der Waals surface area contributed by atoms with Crippen LogP contribution in [0.25, 0.3) is 0 Å². The molecule has 0 spiro atoms. The molecule has 0 aromatic heterocycles. The van der Waals surface area contributed by atoms with Crippen molar-refractivity contribution < 1.29 is 18.3 Å². The number of piperidine rings is 1. The van der Waals surface area contributed by atoms with E-state index in [0.717, 1.165) is 16.7 Å². The Kier molecular flexibility index (Phi) is 5.82. The number of nitrogens with zero attached hydrogens (tertiary/aromatic N) is 1. The van der Waals surface area contributed by atoms with Crippen LogP contribution in [0, 0.1) is 0 Å². The Morgan fingerprint density at radius 2 is 1.53 bits per heavy atom. The van der Waals surface area contributed by atoms with Crippen LogP contribution in [0.15, 0.2) is 47.4 Å². The van der Waals surface area contributed by atoms with E-state index in [-0.39, 0.29) is 11.8 Å². The topological polar surface area (TPSA) is 86.7 Å². The molecule has 1 saturated carbocycles. The summed E-state index contributed by atoms with van der Waals surface area (Å²) in [6.07, 6.45) is 6.50. The third kappa shape index (κ3) is 4.09. The average Bonchev–Trinajstić information content (AvgIpc) is 3.24. The van der Waals surface area contributed by atoms with Gasteiger partial charge in [0.25, 0.3) is 0 Å². The lowest BCUT2D eigenvalue weighted by Gasteiger charge is -2.26. The molecule has 0 radical (unpaired) electrons. The van der Waals surface area contributed by atoms with Crippen molar-refractivity contribution in [3.63, 3.8) is 0 Å². The molecule has 6 nitrogen and oxygen atoms in total. The van der Waals surface area contributed by atoms with Crippen molar-refractivity contribution in [2.24, 2.45) is 0 Å². The maximum atomic E-state index is 13.3. The number of hydrogen-bond acceptors (Lipinski definition) is 4. The normalized spacial score (nSPS) is 24.8. The second-order valence-corrected chi connectivity index (χ2v) is 11.3. The molecule has 0 bridgehead atoms. The van der Waals surface area contributed by atoms with Crippen molar-refractivity contribution in [1.82, 2.24) is 9.62 Å². The number of carbonyl (C=O) groups excluding carboxylic acids is 1. The Hall–Kier alpha value is -2.22. The highest BCUT2D eigenvalue weighted by atomic mass is 32.2. The minimum absolute atomic E-state index is 0.177. The molecule has 1 aliphatic carbocycles. The van der Waals surface area contributed by atoms with E-state index in [0.29, 0.717) is 36.7 Å². The van der Waals surface area contributed by atoms with Gasteiger partial charge in [-0.1, -0.05) is 49.6 Å². The molecule has 32 heavy (non-hydrogen) atoms. The van der Waals surface area contributed by atoms with Crippen LogP contribution in [-0.4, -0.2) is 30.0 Å². The molecule has 1 saturated heterocycles. The van der Waals surface area contributed by atoms with Gasteiger partial charge in [-0.05, 0) is 66.0 Å². The molecule has 2 heterocycles. The number of hydrogen-bond donors (Lipinski definition) is 2. The smallest absolute Gasteiger partial charge is 0.243 e. The number of rotatable bonds is 4. The summed E-state index contributed by atoms with van der Waals surface area (Å²) in [5.74, 6) is 0.0685. The number of nitrogens with one attached hydrogen (secondary N) is 1. The summed E-state index contributed by atoms with van der Waals surface area (Å²) in [6, 6.07) is 13.3. The third-order valence-electron chi connectivity index (χ3n) is 7.27. The van der Waals surface area contributed by atoms with Crippen LogP contribution >= 0.6 is 0 Å². The van der Waals surface area contributed by atoms with Crippen LogP contribution < -0.4 is 5.32 Å². The summed E-state index contributed by atoms with van der Waals surface area (Å²) in [7, 11) is -3.59. The van der Waals surface area contributed by atoms with Crippen LogP contribution in [0.3, 0.4) is 0 Å². The number of carbonyl (C=O) groups is 1. The van der Waals surface area contributed by atoms with Gasteiger partial charge in [-0.25, -0.2) is 8.42 Å². The highest BCUT2D eigenvalue weighted by molar-refractivity contribution is 7.89. The Labute approximate surface area is 189 Å². The second kappa shape index (κ2) is 8.61. The van der Waals surface area contributed by atoms with Crippen molar-refractivity contribution in [1.29, 1.82) is 0 Å². The van der Waals surface area contributed by atoms with Crippen molar-refractivity contribution in [2.75, 3.05) is 0 Å². The maximum Gasteiger partial charge on any atom is 0.243 e. The first-order valence-corrected chi connectivity index (χ1v) is 13.1. The molecule has 2 N–H and O–H groups in total. The molecular weight excluding hydrogens is 424 g/mol. The highest BCUT2D eigenvalue weighted by Gasteiger charge is 2.33. The number of fused-ring (bicyclic) bond motifs is 1. The molecule has 2 unspecified atom stereocenters. The van der Waals surface area contributed by atoms with E-state index in [2.05, 4.69) is 5.32 Å². The molecular formula is C25H30N2O4S. The molecule has 3 aliphatic rings. The first-order chi connectivity index (χ1) is 15.4. The number of aliphatic hydroxyl groups excluding tert-OH is 1. The van der Waals surface area contributed by atoms with Gasteiger partial charge in [0.1, 0.15) is 6.23 Å². The van der Waals surface area contributed by atoms with Crippen LogP contribution in [0.4, 0.5) is 0 Å². The molecule has 5 rings (SSSR count). The summed E-state index contributed by atoms with van der Waals surface area (Å²) in [5.41, 5.74) is 4.05. The zero-order valence-electron chi connectivity index (χ0n) is 18.2. The molecule has 2 atom stereocenters. The number of sulfonamides is 1. The van der Waals surface area contributed by atoms with E-state index in [1.54, 1.807) is 12.1 Å². The van der Waals surface area contributed by atoms with Gasteiger partial charge in [0.2, 0.25) is 15.9 Å². The third-order valence-corrected chi connectivity index (χ3v) is 9.08. The van der Waals surface area contributed by atoms with Crippen molar-refractivity contribution in [3.05, 3.63) is 64.7 Å². The number of aliphatic hydroxyl groups is 1. The number of benzene rings is 2. The fourth-order valence-corrected chi connectivity index (χ4v) is 6.77. The largest absolute Gasteiger partial charge is 0.374 e. The lowest BCUT2D eigenvalue weighted by atomic mass is 9.84.